The molecule has 2 N–H and O–H groups in total. The first-order valence-corrected chi connectivity index (χ1v) is 7.23. The maximum atomic E-state index is 12.1. The Morgan fingerprint density at radius 2 is 2.00 bits per heavy atom. The Morgan fingerprint density at radius 3 is 2.52 bits per heavy atom. The average molecular weight is 449 g/mol. The highest BCUT2D eigenvalue weighted by Crippen LogP contribution is 2.18. The Kier molecular flexibility index (Phi) is 10.2. The summed E-state index contributed by atoms with van der Waals surface area (Å²) in [6.07, 6.45) is -4.66. The molecule has 6 nitrogen and oxygen atoms in total. The fourth-order valence-electron chi connectivity index (χ4n) is 1.53. The molecule has 0 unspecified atom stereocenters. The zero-order valence-corrected chi connectivity index (χ0v) is 15.7. The molecular weight excluding hydrogens is 426 g/mol. The van der Waals surface area contributed by atoms with Crippen LogP contribution in [0.3, 0.4) is 0 Å². The Hall–Kier alpha value is -1.07. The van der Waals surface area contributed by atoms with Crippen molar-refractivity contribution < 1.29 is 17.7 Å². The molecule has 1 rings (SSSR count). The molecule has 0 spiro atoms. The van der Waals surface area contributed by atoms with Gasteiger partial charge in [-0.1, -0.05) is 19.0 Å². The van der Waals surface area contributed by atoms with Gasteiger partial charge >= 0.3 is 6.18 Å². The predicted molar refractivity (Wildman–Crippen MR) is 92.2 cm³/mol. The van der Waals surface area contributed by atoms with Crippen LogP contribution in [0.25, 0.3) is 0 Å². The summed E-state index contributed by atoms with van der Waals surface area (Å²) in [5, 5.41) is 9.66. The summed E-state index contributed by atoms with van der Waals surface area (Å²) in [5.41, 5.74) is 0. The molecule has 10 heteroatoms. The largest absolute Gasteiger partial charge is 0.390 e. The average Bonchev–Trinajstić information content (AvgIpc) is 2.86. The Morgan fingerprint density at radius 1 is 1.30 bits per heavy atom. The molecule has 1 aromatic rings. The minimum atomic E-state index is -4.20. The number of hydrogen-bond acceptors (Lipinski definition) is 4. The number of alkyl halides is 3. The van der Waals surface area contributed by atoms with E-state index in [1.807, 2.05) is 20.8 Å². The zero-order valence-electron chi connectivity index (χ0n) is 13.4. The summed E-state index contributed by atoms with van der Waals surface area (Å²) in [6.45, 7) is 6.46. The highest BCUT2D eigenvalue weighted by atomic mass is 127. The van der Waals surface area contributed by atoms with Gasteiger partial charge in [0.05, 0.1) is 13.0 Å². The van der Waals surface area contributed by atoms with Crippen LogP contribution in [0.4, 0.5) is 13.2 Å². The van der Waals surface area contributed by atoms with Crippen LogP contribution in [0, 0.1) is 0 Å². The van der Waals surface area contributed by atoms with Crippen molar-refractivity contribution in [1.82, 2.24) is 20.8 Å². The minimum Gasteiger partial charge on any atom is -0.357 e. The monoisotopic (exact) mass is 449 g/mol. The van der Waals surface area contributed by atoms with E-state index in [0.717, 1.165) is 0 Å². The number of aromatic nitrogens is 2. The molecule has 0 bridgehead atoms. The maximum Gasteiger partial charge on any atom is 0.390 e. The third kappa shape index (κ3) is 9.61. The van der Waals surface area contributed by atoms with Gasteiger partial charge in [-0.3, -0.25) is 4.99 Å². The Bertz CT molecular complexity index is 476. The molecule has 134 valence electrons. The zero-order chi connectivity index (χ0) is 16.6. The van der Waals surface area contributed by atoms with E-state index in [2.05, 4.69) is 25.8 Å². The van der Waals surface area contributed by atoms with E-state index in [4.69, 9.17) is 4.52 Å². The first-order chi connectivity index (χ1) is 10.3. The van der Waals surface area contributed by atoms with E-state index in [1.165, 1.54) is 0 Å². The number of nitrogens with one attached hydrogen (secondary N) is 2. The van der Waals surface area contributed by atoms with E-state index < -0.39 is 12.6 Å². The lowest BCUT2D eigenvalue weighted by Crippen LogP contribution is -2.38. The van der Waals surface area contributed by atoms with Crippen molar-refractivity contribution in [3.05, 3.63) is 11.7 Å². The van der Waals surface area contributed by atoms with Crippen molar-refractivity contribution in [3.8, 4) is 0 Å². The molecule has 0 aromatic carbocycles. The van der Waals surface area contributed by atoms with Crippen molar-refractivity contribution in [2.75, 3.05) is 19.6 Å². The molecule has 0 aliphatic carbocycles. The van der Waals surface area contributed by atoms with Crippen molar-refractivity contribution in [2.24, 2.45) is 4.99 Å². The summed E-state index contributed by atoms with van der Waals surface area (Å²) in [4.78, 5) is 8.09. The molecule has 0 amide bonds. The first-order valence-electron chi connectivity index (χ1n) is 7.23. The summed E-state index contributed by atoms with van der Waals surface area (Å²) in [5.74, 6) is 1.66. The van der Waals surface area contributed by atoms with E-state index in [9.17, 15) is 13.2 Å². The van der Waals surface area contributed by atoms with Crippen molar-refractivity contribution >= 4 is 29.9 Å². The van der Waals surface area contributed by atoms with Gasteiger partial charge in [-0.25, -0.2) is 0 Å². The van der Waals surface area contributed by atoms with Crippen LogP contribution in [0.2, 0.25) is 0 Å². The number of guanidine groups is 1. The molecule has 0 saturated heterocycles. The van der Waals surface area contributed by atoms with E-state index in [1.54, 1.807) is 0 Å². The van der Waals surface area contributed by atoms with Gasteiger partial charge in [-0.05, 0) is 6.92 Å². The molecule has 0 aliphatic rings. The second kappa shape index (κ2) is 10.7. The molecular formula is C13H23F3IN5O. The summed E-state index contributed by atoms with van der Waals surface area (Å²) in [7, 11) is 0. The van der Waals surface area contributed by atoms with Crippen LogP contribution in [0.15, 0.2) is 9.52 Å². The Labute approximate surface area is 150 Å². The van der Waals surface area contributed by atoms with Crippen LogP contribution < -0.4 is 10.6 Å². The quantitative estimate of drug-likeness (QED) is 0.381. The summed E-state index contributed by atoms with van der Waals surface area (Å²) in [6, 6.07) is 0. The standard InChI is InChI=1S/C13H22F3N5O.HI/c1-4-17-12(19-8-6-13(14,15)16)18-7-5-10-20-11(9(2)3)21-22-10;/h9H,4-8H2,1-3H3,(H2,17,18,19);1H. The highest BCUT2D eigenvalue weighted by molar-refractivity contribution is 14.0. The molecule has 0 saturated carbocycles. The lowest BCUT2D eigenvalue weighted by Gasteiger charge is -2.10. The molecule has 1 heterocycles. The predicted octanol–water partition coefficient (Wildman–Crippen LogP) is 2.86. The smallest absolute Gasteiger partial charge is 0.357 e. The van der Waals surface area contributed by atoms with Crippen LogP contribution in [0.5, 0.6) is 0 Å². The van der Waals surface area contributed by atoms with Gasteiger partial charge in [-0.2, -0.15) is 18.2 Å². The normalized spacial score (nSPS) is 12.2. The lowest BCUT2D eigenvalue weighted by molar-refractivity contribution is -0.132. The van der Waals surface area contributed by atoms with Crippen LogP contribution in [-0.2, 0) is 6.42 Å². The number of halogens is 4. The van der Waals surface area contributed by atoms with Gasteiger partial charge in [0.1, 0.15) is 0 Å². The van der Waals surface area contributed by atoms with Gasteiger partial charge in [-0.15, -0.1) is 24.0 Å². The molecule has 0 atom stereocenters. The SMILES string of the molecule is CCNC(=NCCC(F)(F)F)NCCc1nc(C(C)C)no1.I. The van der Waals surface area contributed by atoms with Gasteiger partial charge in [0.2, 0.25) is 5.89 Å². The second-order valence-electron chi connectivity index (χ2n) is 5.00. The van der Waals surface area contributed by atoms with Crippen LogP contribution in [0.1, 0.15) is 44.8 Å². The fraction of sp³-hybridized carbons (Fsp3) is 0.769. The van der Waals surface area contributed by atoms with Gasteiger partial charge < -0.3 is 15.2 Å². The first kappa shape index (κ1) is 21.9. The van der Waals surface area contributed by atoms with Crippen molar-refractivity contribution in [3.63, 3.8) is 0 Å². The fourth-order valence-corrected chi connectivity index (χ4v) is 1.53. The lowest BCUT2D eigenvalue weighted by atomic mass is 10.2. The third-order valence-electron chi connectivity index (χ3n) is 2.64. The van der Waals surface area contributed by atoms with Crippen molar-refractivity contribution in [1.29, 1.82) is 0 Å². The highest BCUT2D eigenvalue weighted by Gasteiger charge is 2.26. The third-order valence-corrected chi connectivity index (χ3v) is 2.64. The van der Waals surface area contributed by atoms with Crippen molar-refractivity contribution in [2.45, 2.75) is 45.7 Å². The number of aliphatic imine (C=N–C) groups is 1. The Balaban J connectivity index is 0.00000484. The molecule has 23 heavy (non-hydrogen) atoms. The van der Waals surface area contributed by atoms with E-state index >= 15 is 0 Å². The number of nitrogens with zero attached hydrogens (tertiary/aromatic N) is 3. The molecule has 0 aliphatic heterocycles. The molecule has 1 aromatic heterocycles. The number of hydrogen-bond donors (Lipinski definition) is 2. The van der Waals surface area contributed by atoms with E-state index in [-0.39, 0.29) is 36.4 Å². The molecule has 0 fully saturated rings. The minimum absolute atomic E-state index is 0. The summed E-state index contributed by atoms with van der Waals surface area (Å²) >= 11 is 0. The second-order valence-corrected chi connectivity index (χ2v) is 5.00. The van der Waals surface area contributed by atoms with Gasteiger partial charge in [0.25, 0.3) is 0 Å². The van der Waals surface area contributed by atoms with Crippen LogP contribution in [-0.4, -0.2) is 41.9 Å². The topological polar surface area (TPSA) is 75.3 Å². The van der Waals surface area contributed by atoms with Crippen LogP contribution >= 0.6 is 24.0 Å². The molecule has 0 radical (unpaired) electrons. The number of rotatable bonds is 7. The van der Waals surface area contributed by atoms with E-state index in [0.29, 0.717) is 37.2 Å². The summed E-state index contributed by atoms with van der Waals surface area (Å²) < 4.78 is 41.4. The van der Waals surface area contributed by atoms with Gasteiger partial charge in [0, 0.05) is 25.4 Å². The van der Waals surface area contributed by atoms with Gasteiger partial charge in [0.15, 0.2) is 11.8 Å². The maximum absolute atomic E-state index is 12.1.